The molecule has 0 saturated carbocycles. The van der Waals surface area contributed by atoms with Crippen LogP contribution >= 0.6 is 34.2 Å². The minimum atomic E-state index is 0.645. The first-order chi connectivity index (χ1) is 9.19. The highest BCUT2D eigenvalue weighted by atomic mass is 127. The molecule has 0 radical (unpaired) electrons. The Hall–Kier alpha value is -0.780. The molecule has 2 rings (SSSR count). The Morgan fingerprint density at radius 3 is 2.68 bits per heavy atom. The fourth-order valence-corrected chi connectivity index (χ4v) is 2.89. The molecular weight excluding hydrogens is 373 g/mol. The van der Waals surface area contributed by atoms with Gasteiger partial charge in [0.05, 0.1) is 6.61 Å². The average molecular weight is 388 g/mol. The van der Waals surface area contributed by atoms with Crippen LogP contribution in [0.5, 0.6) is 0 Å². The minimum absolute atomic E-state index is 0.645. The maximum absolute atomic E-state index is 5.94. The molecule has 0 atom stereocenters. The summed E-state index contributed by atoms with van der Waals surface area (Å²) in [5.74, 6) is 0. The monoisotopic (exact) mass is 387 g/mol. The highest BCUT2D eigenvalue weighted by Crippen LogP contribution is 2.22. The first-order valence-electron chi connectivity index (χ1n) is 5.94. The summed E-state index contributed by atoms with van der Waals surface area (Å²) in [7, 11) is 1.71. The Labute approximate surface area is 132 Å². The number of nitrogens with one attached hydrogen (secondary N) is 1. The van der Waals surface area contributed by atoms with Crippen LogP contribution in [0.25, 0.3) is 0 Å². The summed E-state index contributed by atoms with van der Waals surface area (Å²) in [4.78, 5) is 0. The molecule has 0 saturated heterocycles. The van der Waals surface area contributed by atoms with E-state index in [0.29, 0.717) is 6.61 Å². The molecule has 0 aromatic heterocycles. The van der Waals surface area contributed by atoms with Gasteiger partial charge in [-0.2, -0.15) is 0 Å². The second kappa shape index (κ2) is 7.12. The van der Waals surface area contributed by atoms with Crippen molar-refractivity contribution in [3.8, 4) is 0 Å². The van der Waals surface area contributed by atoms with E-state index < -0.39 is 0 Å². The topological polar surface area (TPSA) is 21.3 Å². The Balaban J connectivity index is 2.03. The van der Waals surface area contributed by atoms with Crippen LogP contribution < -0.4 is 5.32 Å². The third kappa shape index (κ3) is 4.37. The molecule has 2 aromatic carbocycles. The van der Waals surface area contributed by atoms with Crippen molar-refractivity contribution >= 4 is 39.9 Å². The number of hydrogen-bond donors (Lipinski definition) is 1. The molecule has 0 aliphatic rings. The van der Waals surface area contributed by atoms with Gasteiger partial charge in [0.25, 0.3) is 0 Å². The molecule has 0 bridgehead atoms. The van der Waals surface area contributed by atoms with E-state index in [1.165, 1.54) is 11.1 Å². The molecule has 1 N–H and O–H groups in total. The van der Waals surface area contributed by atoms with Gasteiger partial charge in [-0.05, 0) is 51.9 Å². The number of benzene rings is 2. The number of ether oxygens (including phenoxy) is 1. The molecule has 2 nitrogen and oxygen atoms in total. The first kappa shape index (κ1) is 14.6. The van der Waals surface area contributed by atoms with Crippen LogP contribution in [-0.4, -0.2) is 7.11 Å². The molecular formula is C15H15ClINO. The molecule has 0 aliphatic carbocycles. The summed E-state index contributed by atoms with van der Waals surface area (Å²) < 4.78 is 6.26. The molecule has 0 unspecified atom stereocenters. The van der Waals surface area contributed by atoms with Gasteiger partial charge in [0, 0.05) is 27.9 Å². The molecule has 0 fully saturated rings. The molecule has 0 aliphatic heterocycles. The van der Waals surface area contributed by atoms with E-state index in [-0.39, 0.29) is 0 Å². The number of hydrogen-bond acceptors (Lipinski definition) is 2. The summed E-state index contributed by atoms with van der Waals surface area (Å²) in [6.07, 6.45) is 0. The van der Waals surface area contributed by atoms with Gasteiger partial charge in [-0.25, -0.2) is 0 Å². The average Bonchev–Trinajstić information content (AvgIpc) is 2.38. The van der Waals surface area contributed by atoms with E-state index in [1.807, 2.05) is 18.2 Å². The normalized spacial score (nSPS) is 10.5. The van der Waals surface area contributed by atoms with Crippen LogP contribution in [0, 0.1) is 3.57 Å². The van der Waals surface area contributed by atoms with Crippen molar-refractivity contribution in [2.24, 2.45) is 0 Å². The summed E-state index contributed by atoms with van der Waals surface area (Å²) in [6.45, 7) is 1.43. The van der Waals surface area contributed by atoms with Crippen molar-refractivity contribution in [1.82, 2.24) is 0 Å². The number of anilines is 1. The van der Waals surface area contributed by atoms with Crippen molar-refractivity contribution < 1.29 is 4.74 Å². The van der Waals surface area contributed by atoms with Crippen LogP contribution in [0.4, 0.5) is 5.69 Å². The number of rotatable bonds is 5. The zero-order valence-corrected chi connectivity index (χ0v) is 13.5. The summed E-state index contributed by atoms with van der Waals surface area (Å²) in [5, 5.41) is 4.18. The van der Waals surface area contributed by atoms with Crippen molar-refractivity contribution in [3.63, 3.8) is 0 Å². The second-order valence-corrected chi connectivity index (χ2v) is 5.83. The zero-order valence-electron chi connectivity index (χ0n) is 10.6. The van der Waals surface area contributed by atoms with E-state index in [2.05, 4.69) is 52.2 Å². The lowest BCUT2D eigenvalue weighted by molar-refractivity contribution is 0.185. The lowest BCUT2D eigenvalue weighted by Gasteiger charge is -2.10. The van der Waals surface area contributed by atoms with E-state index in [1.54, 1.807) is 7.11 Å². The second-order valence-electron chi connectivity index (χ2n) is 4.23. The Bertz CT molecular complexity index is 560. The molecule has 100 valence electrons. The summed E-state index contributed by atoms with van der Waals surface area (Å²) in [5.41, 5.74) is 3.52. The summed E-state index contributed by atoms with van der Waals surface area (Å²) >= 11 is 8.23. The van der Waals surface area contributed by atoms with E-state index in [0.717, 1.165) is 20.8 Å². The smallest absolute Gasteiger partial charge is 0.0713 e. The van der Waals surface area contributed by atoms with Gasteiger partial charge in [0.15, 0.2) is 0 Å². The van der Waals surface area contributed by atoms with Crippen LogP contribution in [0.15, 0.2) is 42.5 Å². The predicted octanol–water partition coefficient (Wildman–Crippen LogP) is 4.70. The standard InChI is InChI=1S/C15H15ClINO/c1-19-10-12-4-2-3-11(7-12)9-18-15-6-5-13(16)8-14(15)17/h2-8,18H,9-10H2,1H3. The lowest BCUT2D eigenvalue weighted by atomic mass is 10.1. The third-order valence-corrected chi connectivity index (χ3v) is 3.84. The zero-order chi connectivity index (χ0) is 13.7. The van der Waals surface area contributed by atoms with E-state index in [9.17, 15) is 0 Å². The van der Waals surface area contributed by atoms with Crippen molar-refractivity contribution in [1.29, 1.82) is 0 Å². The quantitative estimate of drug-likeness (QED) is 0.751. The van der Waals surface area contributed by atoms with Crippen molar-refractivity contribution in [2.45, 2.75) is 13.2 Å². The molecule has 2 aromatic rings. The maximum atomic E-state index is 5.94. The maximum Gasteiger partial charge on any atom is 0.0713 e. The van der Waals surface area contributed by atoms with E-state index >= 15 is 0 Å². The van der Waals surface area contributed by atoms with E-state index in [4.69, 9.17) is 16.3 Å². The van der Waals surface area contributed by atoms with Gasteiger partial charge >= 0.3 is 0 Å². The van der Waals surface area contributed by atoms with Crippen LogP contribution in [-0.2, 0) is 17.9 Å². The van der Waals surface area contributed by atoms with Crippen LogP contribution in [0.2, 0.25) is 5.02 Å². The SMILES string of the molecule is COCc1cccc(CNc2ccc(Cl)cc2I)c1. The number of methoxy groups -OCH3 is 1. The van der Waals surface area contributed by atoms with Crippen molar-refractivity contribution in [2.75, 3.05) is 12.4 Å². The van der Waals surface area contributed by atoms with Gasteiger partial charge in [-0.1, -0.05) is 35.9 Å². The molecule has 4 heteroatoms. The molecule has 0 amide bonds. The molecule has 0 spiro atoms. The number of halogens is 2. The predicted molar refractivity (Wildman–Crippen MR) is 88.7 cm³/mol. The highest BCUT2D eigenvalue weighted by molar-refractivity contribution is 14.1. The van der Waals surface area contributed by atoms with Gasteiger partial charge < -0.3 is 10.1 Å². The summed E-state index contributed by atoms with van der Waals surface area (Å²) in [6, 6.07) is 14.2. The third-order valence-electron chi connectivity index (χ3n) is 2.72. The Kier molecular flexibility index (Phi) is 5.48. The highest BCUT2D eigenvalue weighted by Gasteiger charge is 2.01. The largest absolute Gasteiger partial charge is 0.380 e. The Morgan fingerprint density at radius 1 is 1.16 bits per heavy atom. The van der Waals surface area contributed by atoms with Gasteiger partial charge in [-0.15, -0.1) is 0 Å². The fraction of sp³-hybridized carbons (Fsp3) is 0.200. The molecule has 0 heterocycles. The lowest BCUT2D eigenvalue weighted by Crippen LogP contribution is -2.01. The fourth-order valence-electron chi connectivity index (χ4n) is 1.83. The Morgan fingerprint density at radius 2 is 1.95 bits per heavy atom. The first-order valence-corrected chi connectivity index (χ1v) is 7.40. The van der Waals surface area contributed by atoms with Crippen molar-refractivity contribution in [3.05, 3.63) is 62.2 Å². The molecule has 19 heavy (non-hydrogen) atoms. The minimum Gasteiger partial charge on any atom is -0.380 e. The van der Waals surface area contributed by atoms with Gasteiger partial charge in [-0.3, -0.25) is 0 Å². The van der Waals surface area contributed by atoms with Crippen LogP contribution in [0.3, 0.4) is 0 Å². The van der Waals surface area contributed by atoms with Crippen LogP contribution in [0.1, 0.15) is 11.1 Å². The van der Waals surface area contributed by atoms with Gasteiger partial charge in [0.2, 0.25) is 0 Å². The van der Waals surface area contributed by atoms with Gasteiger partial charge in [0.1, 0.15) is 0 Å².